The summed E-state index contributed by atoms with van der Waals surface area (Å²) in [5.41, 5.74) is 1.05. The number of thiazole rings is 1. The lowest BCUT2D eigenvalue weighted by atomic mass is 9.96. The average Bonchev–Trinajstić information content (AvgIpc) is 3.07. The molecule has 0 atom stereocenters. The third-order valence-electron chi connectivity index (χ3n) is 4.72. The van der Waals surface area contributed by atoms with Crippen LogP contribution in [0.1, 0.15) is 24.3 Å². The van der Waals surface area contributed by atoms with E-state index in [4.69, 9.17) is 0 Å². The molecular weight excluding hydrogens is 348 g/mol. The number of aryl methyl sites for hydroxylation is 1. The van der Waals surface area contributed by atoms with Gasteiger partial charge in [-0.05, 0) is 31.4 Å². The Hall–Kier alpha value is -2.15. The van der Waals surface area contributed by atoms with Crippen molar-refractivity contribution in [1.29, 1.82) is 0 Å². The van der Waals surface area contributed by atoms with Crippen LogP contribution in [-0.2, 0) is 11.2 Å². The fourth-order valence-corrected chi connectivity index (χ4v) is 4.25. The van der Waals surface area contributed by atoms with Crippen molar-refractivity contribution in [3.8, 4) is 0 Å². The number of hydrogen-bond donors (Lipinski definition) is 1. The highest BCUT2D eigenvalue weighted by Crippen LogP contribution is 2.22. The minimum Gasteiger partial charge on any atom is -0.356 e. The van der Waals surface area contributed by atoms with E-state index in [1.165, 1.54) is 4.70 Å². The van der Waals surface area contributed by atoms with Gasteiger partial charge in [-0.2, -0.15) is 0 Å². The second-order valence-corrected chi connectivity index (χ2v) is 8.02. The monoisotopic (exact) mass is 374 g/mol. The number of nitrogens with zero attached hydrogens (tertiary/aromatic N) is 3. The lowest BCUT2D eigenvalue weighted by Gasteiger charge is -2.33. The van der Waals surface area contributed by atoms with Crippen molar-refractivity contribution >= 4 is 33.5 Å². The van der Waals surface area contributed by atoms with E-state index in [1.807, 2.05) is 23.1 Å². The fourth-order valence-electron chi connectivity index (χ4n) is 3.24. The first-order valence-electron chi connectivity index (χ1n) is 9.13. The maximum absolute atomic E-state index is 12.3. The summed E-state index contributed by atoms with van der Waals surface area (Å²) < 4.78 is 1.21. The number of piperidine rings is 1. The minimum absolute atomic E-state index is 0.0173. The molecule has 0 unspecified atom stereocenters. The summed E-state index contributed by atoms with van der Waals surface area (Å²) >= 11 is 1.72. The Bertz CT molecular complexity index is 733. The molecule has 0 radical (unpaired) electrons. The molecular formula is C19H26N4O2S. The lowest BCUT2D eigenvalue weighted by molar-refractivity contribution is -0.126. The Morgan fingerprint density at radius 3 is 2.69 bits per heavy atom. The number of rotatable bonds is 5. The summed E-state index contributed by atoms with van der Waals surface area (Å²) in [6, 6.07) is 8.18. The molecule has 2 aromatic rings. The van der Waals surface area contributed by atoms with Crippen LogP contribution in [0.15, 0.2) is 24.3 Å². The summed E-state index contributed by atoms with van der Waals surface area (Å²) in [5.74, 6) is 0.134. The van der Waals surface area contributed by atoms with Crippen molar-refractivity contribution in [3.63, 3.8) is 0 Å². The largest absolute Gasteiger partial charge is 0.356 e. The van der Waals surface area contributed by atoms with E-state index in [0.29, 0.717) is 19.6 Å². The molecule has 0 saturated carbocycles. The molecule has 26 heavy (non-hydrogen) atoms. The molecule has 3 rings (SSSR count). The van der Waals surface area contributed by atoms with Gasteiger partial charge in [0.05, 0.1) is 15.2 Å². The first-order chi connectivity index (χ1) is 12.5. The van der Waals surface area contributed by atoms with Gasteiger partial charge in [0.15, 0.2) is 0 Å². The maximum atomic E-state index is 12.3. The van der Waals surface area contributed by atoms with Gasteiger partial charge in [0.25, 0.3) is 0 Å². The van der Waals surface area contributed by atoms with Crippen LogP contribution >= 0.6 is 11.3 Å². The van der Waals surface area contributed by atoms with Crippen molar-refractivity contribution in [1.82, 2.24) is 20.1 Å². The Kier molecular flexibility index (Phi) is 6.08. The number of para-hydroxylation sites is 1. The molecule has 1 aliphatic rings. The van der Waals surface area contributed by atoms with Crippen LogP contribution in [0.25, 0.3) is 10.2 Å². The number of amides is 3. The summed E-state index contributed by atoms with van der Waals surface area (Å²) in [6.07, 6.45) is 3.26. The molecule has 2 heterocycles. The van der Waals surface area contributed by atoms with E-state index in [2.05, 4.69) is 16.4 Å². The number of urea groups is 1. The number of carbonyl (C=O) groups excluding carboxylic acids is 2. The van der Waals surface area contributed by atoms with Gasteiger partial charge in [-0.1, -0.05) is 12.1 Å². The second kappa shape index (κ2) is 8.49. The molecule has 1 aromatic carbocycles. The molecule has 3 amide bonds. The molecule has 1 N–H and O–H groups in total. The van der Waals surface area contributed by atoms with Crippen molar-refractivity contribution in [2.24, 2.45) is 5.92 Å². The van der Waals surface area contributed by atoms with Crippen LogP contribution in [0.4, 0.5) is 4.79 Å². The van der Waals surface area contributed by atoms with Crippen LogP contribution in [0.3, 0.4) is 0 Å². The fraction of sp³-hybridized carbons (Fsp3) is 0.526. The quantitative estimate of drug-likeness (QED) is 0.819. The van der Waals surface area contributed by atoms with Gasteiger partial charge in [-0.25, -0.2) is 9.78 Å². The zero-order chi connectivity index (χ0) is 18.5. The molecule has 0 bridgehead atoms. The third kappa shape index (κ3) is 4.52. The summed E-state index contributed by atoms with van der Waals surface area (Å²) in [6.45, 7) is 1.98. The summed E-state index contributed by atoms with van der Waals surface area (Å²) in [5, 5.41) is 4.17. The predicted octanol–water partition coefficient (Wildman–Crippen LogP) is 2.74. The predicted molar refractivity (Wildman–Crippen MR) is 104 cm³/mol. The Labute approximate surface area is 158 Å². The second-order valence-electron chi connectivity index (χ2n) is 6.91. The first kappa shape index (κ1) is 18.6. The van der Waals surface area contributed by atoms with Crippen molar-refractivity contribution in [2.45, 2.75) is 25.7 Å². The summed E-state index contributed by atoms with van der Waals surface area (Å²) in [7, 11) is 3.51. The van der Waals surface area contributed by atoms with Gasteiger partial charge in [0.1, 0.15) is 0 Å². The number of likely N-dealkylation sites (tertiary alicyclic amines) is 1. The molecule has 140 valence electrons. The van der Waals surface area contributed by atoms with Crippen molar-refractivity contribution < 1.29 is 9.59 Å². The minimum atomic E-state index is 0.0173. The van der Waals surface area contributed by atoms with Gasteiger partial charge >= 0.3 is 6.03 Å². The maximum Gasteiger partial charge on any atom is 0.319 e. The highest BCUT2D eigenvalue weighted by atomic mass is 32.1. The third-order valence-corrected chi connectivity index (χ3v) is 5.82. The lowest BCUT2D eigenvalue weighted by Crippen LogP contribution is -2.46. The van der Waals surface area contributed by atoms with E-state index < -0.39 is 0 Å². The molecule has 0 spiro atoms. The molecule has 6 nitrogen and oxygen atoms in total. The number of hydrogen-bond acceptors (Lipinski definition) is 4. The first-order valence-corrected chi connectivity index (χ1v) is 9.94. The van der Waals surface area contributed by atoms with Crippen LogP contribution in [0.5, 0.6) is 0 Å². The van der Waals surface area contributed by atoms with Crippen molar-refractivity contribution in [3.05, 3.63) is 29.3 Å². The summed E-state index contributed by atoms with van der Waals surface area (Å²) in [4.78, 5) is 32.3. The highest BCUT2D eigenvalue weighted by Gasteiger charge is 2.27. The number of aromatic nitrogens is 1. The standard InChI is InChI=1S/C19H26N4O2S/c1-22(2)19(25)23-12-9-14(10-13-23)18(24)20-11-5-8-17-21-15-6-3-4-7-16(15)26-17/h3-4,6-7,14H,5,8-13H2,1-2H3,(H,20,24). The molecule has 1 aliphatic heterocycles. The Morgan fingerprint density at radius 2 is 2.00 bits per heavy atom. The van der Waals surface area contributed by atoms with E-state index in [1.54, 1.807) is 30.3 Å². The number of benzene rings is 1. The smallest absolute Gasteiger partial charge is 0.319 e. The van der Waals surface area contributed by atoms with Gasteiger partial charge in [-0.3, -0.25) is 4.79 Å². The zero-order valence-electron chi connectivity index (χ0n) is 15.4. The SMILES string of the molecule is CN(C)C(=O)N1CCC(C(=O)NCCCc2nc3ccccc3s2)CC1. The molecule has 0 aliphatic carbocycles. The molecule has 1 saturated heterocycles. The normalized spacial score (nSPS) is 15.2. The van der Waals surface area contributed by atoms with Crippen LogP contribution in [0, 0.1) is 5.92 Å². The Balaban J connectivity index is 1.37. The van der Waals surface area contributed by atoms with Gasteiger partial charge in [0.2, 0.25) is 5.91 Å². The number of nitrogens with one attached hydrogen (secondary N) is 1. The van der Waals surface area contributed by atoms with Crippen LogP contribution < -0.4 is 5.32 Å². The van der Waals surface area contributed by atoms with Gasteiger partial charge in [0, 0.05) is 46.1 Å². The molecule has 7 heteroatoms. The molecule has 1 aromatic heterocycles. The topological polar surface area (TPSA) is 65.5 Å². The van der Waals surface area contributed by atoms with Gasteiger partial charge < -0.3 is 15.1 Å². The van der Waals surface area contributed by atoms with E-state index >= 15 is 0 Å². The number of carbonyl (C=O) groups is 2. The average molecular weight is 375 g/mol. The van der Waals surface area contributed by atoms with Gasteiger partial charge in [-0.15, -0.1) is 11.3 Å². The molecule has 1 fully saturated rings. The van der Waals surface area contributed by atoms with Crippen LogP contribution in [0.2, 0.25) is 0 Å². The van der Waals surface area contributed by atoms with Crippen molar-refractivity contribution in [2.75, 3.05) is 33.7 Å². The highest BCUT2D eigenvalue weighted by molar-refractivity contribution is 7.18. The van der Waals surface area contributed by atoms with Crippen LogP contribution in [-0.4, -0.2) is 60.5 Å². The van der Waals surface area contributed by atoms with E-state index in [-0.39, 0.29) is 17.9 Å². The van der Waals surface area contributed by atoms with E-state index in [9.17, 15) is 9.59 Å². The van der Waals surface area contributed by atoms with E-state index in [0.717, 1.165) is 36.2 Å². The zero-order valence-corrected chi connectivity index (χ0v) is 16.2. The number of fused-ring (bicyclic) bond motifs is 1. The Morgan fingerprint density at radius 1 is 1.27 bits per heavy atom.